The summed E-state index contributed by atoms with van der Waals surface area (Å²) in [7, 11) is 0. The molecule has 134 valence electrons. The van der Waals surface area contributed by atoms with Crippen molar-refractivity contribution in [2.24, 2.45) is 0 Å². The SMILES string of the molecule is C[C@H](NC(=O)C(c1ccccc1)c1ccccc1)c1nc2ccccc2[nH]1. The fourth-order valence-corrected chi connectivity index (χ4v) is 3.33. The minimum Gasteiger partial charge on any atom is -0.346 e. The third kappa shape index (κ3) is 3.60. The smallest absolute Gasteiger partial charge is 0.232 e. The Morgan fingerprint density at radius 1 is 0.852 bits per heavy atom. The van der Waals surface area contributed by atoms with Crippen LogP contribution >= 0.6 is 0 Å². The largest absolute Gasteiger partial charge is 0.346 e. The van der Waals surface area contributed by atoms with Gasteiger partial charge in [0.05, 0.1) is 23.0 Å². The van der Waals surface area contributed by atoms with Crippen LogP contribution in [0.5, 0.6) is 0 Å². The first-order chi connectivity index (χ1) is 13.2. The fourth-order valence-electron chi connectivity index (χ4n) is 3.33. The van der Waals surface area contributed by atoms with E-state index in [2.05, 4.69) is 15.3 Å². The Morgan fingerprint density at radius 2 is 1.41 bits per heavy atom. The maximum Gasteiger partial charge on any atom is 0.232 e. The molecule has 27 heavy (non-hydrogen) atoms. The van der Waals surface area contributed by atoms with Crippen molar-refractivity contribution in [1.29, 1.82) is 0 Å². The summed E-state index contributed by atoms with van der Waals surface area (Å²) in [6, 6.07) is 27.4. The van der Waals surface area contributed by atoms with E-state index in [0.29, 0.717) is 0 Å². The molecule has 0 aliphatic rings. The summed E-state index contributed by atoms with van der Waals surface area (Å²) < 4.78 is 0. The highest BCUT2D eigenvalue weighted by molar-refractivity contribution is 5.87. The molecule has 0 aliphatic carbocycles. The van der Waals surface area contributed by atoms with E-state index >= 15 is 0 Å². The quantitative estimate of drug-likeness (QED) is 0.551. The summed E-state index contributed by atoms with van der Waals surface area (Å²) in [6.45, 7) is 1.95. The first-order valence-corrected chi connectivity index (χ1v) is 9.07. The van der Waals surface area contributed by atoms with Crippen LogP contribution in [0.15, 0.2) is 84.9 Å². The lowest BCUT2D eigenvalue weighted by atomic mass is 9.90. The Balaban J connectivity index is 1.61. The van der Waals surface area contributed by atoms with Crippen LogP contribution in [0.3, 0.4) is 0 Å². The monoisotopic (exact) mass is 355 g/mol. The summed E-state index contributed by atoms with van der Waals surface area (Å²) in [5.74, 6) is 0.351. The molecule has 0 saturated carbocycles. The molecule has 4 rings (SSSR count). The van der Waals surface area contributed by atoms with E-state index in [9.17, 15) is 4.79 Å². The average Bonchev–Trinajstić information content (AvgIpc) is 3.14. The van der Waals surface area contributed by atoms with E-state index in [1.54, 1.807) is 0 Å². The van der Waals surface area contributed by atoms with Gasteiger partial charge >= 0.3 is 0 Å². The number of imidazole rings is 1. The van der Waals surface area contributed by atoms with Crippen LogP contribution in [0.1, 0.15) is 35.8 Å². The van der Waals surface area contributed by atoms with Gasteiger partial charge in [-0.1, -0.05) is 72.8 Å². The number of hydrogen-bond acceptors (Lipinski definition) is 2. The van der Waals surface area contributed by atoms with E-state index in [1.807, 2.05) is 91.9 Å². The van der Waals surface area contributed by atoms with E-state index < -0.39 is 0 Å². The molecule has 0 radical (unpaired) electrons. The van der Waals surface area contributed by atoms with Gasteiger partial charge in [0, 0.05) is 0 Å². The van der Waals surface area contributed by atoms with Gasteiger partial charge in [-0.15, -0.1) is 0 Å². The lowest BCUT2D eigenvalue weighted by Gasteiger charge is -2.20. The second-order valence-electron chi connectivity index (χ2n) is 6.62. The van der Waals surface area contributed by atoms with Crippen LogP contribution in [0.25, 0.3) is 11.0 Å². The van der Waals surface area contributed by atoms with Crippen LogP contribution in [0.4, 0.5) is 0 Å². The van der Waals surface area contributed by atoms with Crippen LogP contribution in [0, 0.1) is 0 Å². The van der Waals surface area contributed by atoms with Crippen LogP contribution in [0.2, 0.25) is 0 Å². The maximum atomic E-state index is 13.2. The highest BCUT2D eigenvalue weighted by Gasteiger charge is 2.24. The van der Waals surface area contributed by atoms with E-state index in [0.717, 1.165) is 28.0 Å². The van der Waals surface area contributed by atoms with Crippen LogP contribution in [-0.2, 0) is 4.79 Å². The molecule has 0 unspecified atom stereocenters. The number of rotatable bonds is 5. The zero-order valence-corrected chi connectivity index (χ0v) is 15.1. The third-order valence-corrected chi connectivity index (χ3v) is 4.70. The molecule has 3 aromatic carbocycles. The summed E-state index contributed by atoms with van der Waals surface area (Å²) in [5, 5.41) is 3.12. The standard InChI is InChI=1S/C23H21N3O/c1-16(22-25-19-14-8-9-15-20(19)26-22)24-23(27)21(17-10-4-2-5-11-17)18-12-6-3-7-13-18/h2-16,21H,1H3,(H,24,27)(H,25,26)/t16-/m0/s1. The minimum atomic E-state index is -0.362. The van der Waals surface area contributed by atoms with E-state index in [4.69, 9.17) is 0 Å². The van der Waals surface area contributed by atoms with Crippen molar-refractivity contribution in [3.8, 4) is 0 Å². The lowest BCUT2D eigenvalue weighted by Crippen LogP contribution is -2.32. The van der Waals surface area contributed by atoms with Crippen LogP contribution in [-0.4, -0.2) is 15.9 Å². The number of nitrogens with one attached hydrogen (secondary N) is 2. The second-order valence-corrected chi connectivity index (χ2v) is 6.62. The molecule has 0 fully saturated rings. The number of aromatic amines is 1. The van der Waals surface area contributed by atoms with E-state index in [-0.39, 0.29) is 17.9 Å². The predicted molar refractivity (Wildman–Crippen MR) is 107 cm³/mol. The number of fused-ring (bicyclic) bond motifs is 1. The van der Waals surface area contributed by atoms with Crippen molar-refractivity contribution in [3.05, 3.63) is 102 Å². The molecule has 2 N–H and O–H groups in total. The molecule has 4 aromatic rings. The normalized spacial score (nSPS) is 12.2. The predicted octanol–water partition coefficient (Wildman–Crippen LogP) is 4.57. The number of nitrogens with zero attached hydrogens (tertiary/aromatic N) is 1. The Labute approximate surface area is 158 Å². The van der Waals surface area contributed by atoms with Crippen molar-refractivity contribution in [1.82, 2.24) is 15.3 Å². The number of amides is 1. The summed E-state index contributed by atoms with van der Waals surface area (Å²) >= 11 is 0. The molecule has 0 bridgehead atoms. The van der Waals surface area contributed by atoms with Gasteiger partial charge in [-0.2, -0.15) is 0 Å². The number of aromatic nitrogens is 2. The summed E-state index contributed by atoms with van der Waals surface area (Å²) in [5.41, 5.74) is 3.81. The van der Waals surface area contributed by atoms with Crippen molar-refractivity contribution in [2.45, 2.75) is 18.9 Å². The first-order valence-electron chi connectivity index (χ1n) is 9.07. The van der Waals surface area contributed by atoms with Gasteiger partial charge in [0.1, 0.15) is 5.82 Å². The van der Waals surface area contributed by atoms with Gasteiger partial charge in [0.15, 0.2) is 0 Å². The number of carbonyl (C=O) groups excluding carboxylic acids is 1. The average molecular weight is 355 g/mol. The molecule has 1 atom stereocenters. The molecule has 1 aromatic heterocycles. The van der Waals surface area contributed by atoms with Crippen molar-refractivity contribution >= 4 is 16.9 Å². The fraction of sp³-hybridized carbons (Fsp3) is 0.130. The zero-order chi connectivity index (χ0) is 18.6. The number of hydrogen-bond donors (Lipinski definition) is 2. The molecule has 1 amide bonds. The van der Waals surface area contributed by atoms with Crippen molar-refractivity contribution in [2.75, 3.05) is 0 Å². The molecule has 0 saturated heterocycles. The molecule has 4 heteroatoms. The lowest BCUT2D eigenvalue weighted by molar-refractivity contribution is -0.122. The van der Waals surface area contributed by atoms with Gasteiger partial charge in [-0.05, 0) is 30.2 Å². The van der Waals surface area contributed by atoms with Crippen LogP contribution < -0.4 is 5.32 Å². The molecule has 4 nitrogen and oxygen atoms in total. The number of H-pyrrole nitrogens is 1. The summed E-state index contributed by atoms with van der Waals surface area (Å²) in [6.07, 6.45) is 0. The van der Waals surface area contributed by atoms with Gasteiger partial charge in [-0.3, -0.25) is 4.79 Å². The highest BCUT2D eigenvalue weighted by atomic mass is 16.1. The topological polar surface area (TPSA) is 57.8 Å². The molecule has 0 spiro atoms. The Hall–Kier alpha value is -3.40. The molecular formula is C23H21N3O. The molecule has 0 aliphatic heterocycles. The Morgan fingerprint density at radius 3 is 2.00 bits per heavy atom. The molecular weight excluding hydrogens is 334 g/mol. The Kier molecular flexibility index (Phi) is 4.71. The van der Waals surface area contributed by atoms with Crippen molar-refractivity contribution < 1.29 is 4.79 Å². The Bertz CT molecular complexity index is 968. The number of para-hydroxylation sites is 2. The highest BCUT2D eigenvalue weighted by Crippen LogP contribution is 2.26. The minimum absolute atomic E-state index is 0.0413. The third-order valence-electron chi connectivity index (χ3n) is 4.70. The van der Waals surface area contributed by atoms with Gasteiger partial charge < -0.3 is 10.3 Å². The summed E-state index contributed by atoms with van der Waals surface area (Å²) in [4.78, 5) is 21.1. The second kappa shape index (κ2) is 7.46. The molecule has 1 heterocycles. The van der Waals surface area contributed by atoms with Gasteiger partial charge in [0.25, 0.3) is 0 Å². The van der Waals surface area contributed by atoms with E-state index in [1.165, 1.54) is 0 Å². The number of benzene rings is 3. The first kappa shape index (κ1) is 17.0. The zero-order valence-electron chi connectivity index (χ0n) is 15.1. The van der Waals surface area contributed by atoms with Crippen molar-refractivity contribution in [3.63, 3.8) is 0 Å². The van der Waals surface area contributed by atoms with Gasteiger partial charge in [0.2, 0.25) is 5.91 Å². The number of carbonyl (C=O) groups is 1. The maximum absolute atomic E-state index is 13.2. The van der Waals surface area contributed by atoms with Gasteiger partial charge in [-0.25, -0.2) is 4.98 Å².